The predicted octanol–water partition coefficient (Wildman–Crippen LogP) is 3.73. The Balaban J connectivity index is 2.14. The summed E-state index contributed by atoms with van der Waals surface area (Å²) in [5.74, 6) is 0.585. The molecule has 0 unspecified atom stereocenters. The number of nitrogens with one attached hydrogen (secondary N) is 1. The molecule has 0 atom stereocenters. The van der Waals surface area contributed by atoms with Crippen LogP contribution >= 0.6 is 0 Å². The van der Waals surface area contributed by atoms with Gasteiger partial charge in [-0.05, 0) is 19.8 Å². The van der Waals surface area contributed by atoms with E-state index in [1.807, 2.05) is 27.7 Å². The standard InChI is InChI=1S/C16H26N2O2/c1-11-13(14(18-20-11)16(2,3)4)15(19)17-12-9-7-5-6-8-10-12/h12H,5-10H2,1-4H3,(H,17,19). The summed E-state index contributed by atoms with van der Waals surface area (Å²) in [6.45, 7) is 7.95. The number of nitrogens with zero attached hydrogens (tertiary/aromatic N) is 1. The van der Waals surface area contributed by atoms with Crippen molar-refractivity contribution in [3.8, 4) is 0 Å². The molecule has 0 radical (unpaired) electrons. The van der Waals surface area contributed by atoms with Crippen LogP contribution in [0, 0.1) is 6.92 Å². The summed E-state index contributed by atoms with van der Waals surface area (Å²) in [6, 6.07) is 0.298. The van der Waals surface area contributed by atoms with E-state index in [-0.39, 0.29) is 11.3 Å². The van der Waals surface area contributed by atoms with E-state index in [4.69, 9.17) is 4.52 Å². The van der Waals surface area contributed by atoms with Crippen molar-refractivity contribution < 1.29 is 9.32 Å². The summed E-state index contributed by atoms with van der Waals surface area (Å²) in [5, 5.41) is 7.26. The van der Waals surface area contributed by atoms with Gasteiger partial charge < -0.3 is 9.84 Å². The number of carbonyl (C=O) groups excluding carboxylic acids is 1. The quantitative estimate of drug-likeness (QED) is 0.839. The van der Waals surface area contributed by atoms with Gasteiger partial charge in [-0.1, -0.05) is 51.6 Å². The average molecular weight is 278 g/mol. The third kappa shape index (κ3) is 3.41. The van der Waals surface area contributed by atoms with Crippen molar-refractivity contribution in [3.63, 3.8) is 0 Å². The largest absolute Gasteiger partial charge is 0.361 e. The molecule has 1 fully saturated rings. The van der Waals surface area contributed by atoms with Crippen molar-refractivity contribution in [2.75, 3.05) is 0 Å². The highest BCUT2D eigenvalue weighted by Crippen LogP contribution is 2.27. The Hall–Kier alpha value is -1.32. The van der Waals surface area contributed by atoms with Gasteiger partial charge in [0.2, 0.25) is 0 Å². The van der Waals surface area contributed by atoms with Crippen molar-refractivity contribution in [3.05, 3.63) is 17.0 Å². The molecule has 1 aliphatic carbocycles. The van der Waals surface area contributed by atoms with Crippen LogP contribution in [0.2, 0.25) is 0 Å². The summed E-state index contributed by atoms with van der Waals surface area (Å²) >= 11 is 0. The molecule has 0 spiro atoms. The molecule has 1 aromatic rings. The van der Waals surface area contributed by atoms with Crippen molar-refractivity contribution in [2.24, 2.45) is 0 Å². The van der Waals surface area contributed by atoms with Crippen LogP contribution in [0.4, 0.5) is 0 Å². The maximum absolute atomic E-state index is 12.6. The Morgan fingerprint density at radius 1 is 1.20 bits per heavy atom. The van der Waals surface area contributed by atoms with E-state index >= 15 is 0 Å². The van der Waals surface area contributed by atoms with Crippen molar-refractivity contribution in [2.45, 2.75) is 77.7 Å². The number of amides is 1. The van der Waals surface area contributed by atoms with Gasteiger partial charge in [0, 0.05) is 11.5 Å². The Labute approximate surface area is 121 Å². The van der Waals surface area contributed by atoms with Crippen LogP contribution in [-0.4, -0.2) is 17.1 Å². The average Bonchev–Trinajstić information content (AvgIpc) is 2.58. The van der Waals surface area contributed by atoms with Gasteiger partial charge in [-0.25, -0.2) is 0 Å². The van der Waals surface area contributed by atoms with E-state index in [9.17, 15) is 4.79 Å². The van der Waals surface area contributed by atoms with E-state index in [0.29, 0.717) is 17.4 Å². The molecule has 1 saturated carbocycles. The molecule has 1 amide bonds. The summed E-state index contributed by atoms with van der Waals surface area (Å²) < 4.78 is 5.25. The molecule has 4 nitrogen and oxygen atoms in total. The topological polar surface area (TPSA) is 55.1 Å². The first-order valence-electron chi connectivity index (χ1n) is 7.67. The fraction of sp³-hybridized carbons (Fsp3) is 0.750. The van der Waals surface area contributed by atoms with E-state index in [2.05, 4.69) is 10.5 Å². The molecule has 0 saturated heterocycles. The summed E-state index contributed by atoms with van der Waals surface area (Å²) in [7, 11) is 0. The second kappa shape index (κ2) is 5.98. The van der Waals surface area contributed by atoms with E-state index < -0.39 is 0 Å². The summed E-state index contributed by atoms with van der Waals surface area (Å²) in [5.41, 5.74) is 1.19. The zero-order valence-electron chi connectivity index (χ0n) is 13.1. The molecule has 1 N–H and O–H groups in total. The van der Waals surface area contributed by atoms with E-state index in [1.54, 1.807) is 0 Å². The maximum atomic E-state index is 12.6. The normalized spacial score (nSPS) is 17.8. The molecule has 1 heterocycles. The molecule has 1 aromatic heterocycles. The lowest BCUT2D eigenvalue weighted by Gasteiger charge is -2.19. The number of hydrogen-bond acceptors (Lipinski definition) is 3. The van der Waals surface area contributed by atoms with Gasteiger partial charge in [0.15, 0.2) is 0 Å². The highest BCUT2D eigenvalue weighted by atomic mass is 16.5. The first kappa shape index (κ1) is 15.1. The van der Waals surface area contributed by atoms with Crippen molar-refractivity contribution in [1.82, 2.24) is 10.5 Å². The molecule has 1 aliphatic rings. The van der Waals surface area contributed by atoms with Crippen LogP contribution in [0.1, 0.15) is 81.1 Å². The smallest absolute Gasteiger partial charge is 0.257 e. The van der Waals surface area contributed by atoms with Gasteiger partial charge in [0.25, 0.3) is 5.91 Å². The Morgan fingerprint density at radius 3 is 2.35 bits per heavy atom. The molecule has 112 valence electrons. The lowest BCUT2D eigenvalue weighted by atomic mass is 9.88. The monoisotopic (exact) mass is 278 g/mol. The highest BCUT2D eigenvalue weighted by Gasteiger charge is 2.29. The first-order chi connectivity index (χ1) is 9.39. The molecular weight excluding hydrogens is 252 g/mol. The first-order valence-corrected chi connectivity index (χ1v) is 7.67. The van der Waals surface area contributed by atoms with Crippen molar-refractivity contribution >= 4 is 5.91 Å². The van der Waals surface area contributed by atoms with Gasteiger partial charge >= 0.3 is 0 Å². The third-order valence-corrected chi connectivity index (χ3v) is 3.99. The highest BCUT2D eigenvalue weighted by molar-refractivity contribution is 5.96. The summed E-state index contributed by atoms with van der Waals surface area (Å²) in [6.07, 6.45) is 7.15. The number of rotatable bonds is 2. The van der Waals surface area contributed by atoms with Crippen LogP contribution in [0.15, 0.2) is 4.52 Å². The second-order valence-electron chi connectivity index (χ2n) is 6.87. The van der Waals surface area contributed by atoms with E-state index in [1.165, 1.54) is 25.7 Å². The van der Waals surface area contributed by atoms with E-state index in [0.717, 1.165) is 18.5 Å². The number of carbonyl (C=O) groups is 1. The fourth-order valence-electron chi connectivity index (χ4n) is 2.83. The van der Waals surface area contributed by atoms with Crippen LogP contribution in [0.3, 0.4) is 0 Å². The van der Waals surface area contributed by atoms with Gasteiger partial charge in [0.1, 0.15) is 17.0 Å². The SMILES string of the molecule is Cc1onc(C(C)(C)C)c1C(=O)NC1CCCCCC1. The van der Waals surface area contributed by atoms with Gasteiger partial charge in [-0.3, -0.25) is 4.79 Å². The lowest BCUT2D eigenvalue weighted by Crippen LogP contribution is -2.35. The number of aryl methyl sites for hydroxylation is 1. The second-order valence-corrected chi connectivity index (χ2v) is 6.87. The minimum Gasteiger partial charge on any atom is -0.361 e. The molecule has 4 heteroatoms. The minimum atomic E-state index is -0.187. The third-order valence-electron chi connectivity index (χ3n) is 3.99. The van der Waals surface area contributed by atoms with Crippen LogP contribution in [0.25, 0.3) is 0 Å². The van der Waals surface area contributed by atoms with Gasteiger partial charge in [-0.2, -0.15) is 0 Å². The van der Waals surface area contributed by atoms with Crippen LogP contribution < -0.4 is 5.32 Å². The zero-order chi connectivity index (χ0) is 14.8. The van der Waals surface area contributed by atoms with Gasteiger partial charge in [-0.15, -0.1) is 0 Å². The van der Waals surface area contributed by atoms with Gasteiger partial charge in [0.05, 0.1) is 0 Å². The number of aromatic nitrogens is 1. The Kier molecular flexibility index (Phi) is 4.51. The molecular formula is C16H26N2O2. The fourth-order valence-corrected chi connectivity index (χ4v) is 2.83. The molecule has 2 rings (SSSR count). The Bertz CT molecular complexity index is 463. The predicted molar refractivity (Wildman–Crippen MR) is 78.9 cm³/mol. The maximum Gasteiger partial charge on any atom is 0.257 e. The molecule has 0 aliphatic heterocycles. The Morgan fingerprint density at radius 2 is 1.80 bits per heavy atom. The summed E-state index contributed by atoms with van der Waals surface area (Å²) in [4.78, 5) is 12.6. The molecule has 0 aromatic carbocycles. The zero-order valence-corrected chi connectivity index (χ0v) is 13.1. The van der Waals surface area contributed by atoms with Crippen LogP contribution in [-0.2, 0) is 5.41 Å². The molecule has 0 bridgehead atoms. The lowest BCUT2D eigenvalue weighted by molar-refractivity contribution is 0.0930. The number of hydrogen-bond donors (Lipinski definition) is 1. The minimum absolute atomic E-state index is 0.0272. The molecule has 20 heavy (non-hydrogen) atoms. The van der Waals surface area contributed by atoms with Crippen molar-refractivity contribution in [1.29, 1.82) is 0 Å². The van der Waals surface area contributed by atoms with Crippen LogP contribution in [0.5, 0.6) is 0 Å².